The standard InChI is InChI=1S/C10H19FO4S/c1-7-4-9(5-8(2)15-7)10(11)6-14-16(3,12)13/h7-10H,4-6H2,1-3H3. The predicted octanol–water partition coefficient (Wildman–Crippen LogP) is 1.50. The Balaban J connectivity index is 2.44. The van der Waals surface area contributed by atoms with E-state index < -0.39 is 16.3 Å². The summed E-state index contributed by atoms with van der Waals surface area (Å²) in [5, 5.41) is 0. The van der Waals surface area contributed by atoms with E-state index >= 15 is 0 Å². The molecule has 1 aliphatic rings. The van der Waals surface area contributed by atoms with E-state index in [1.807, 2.05) is 13.8 Å². The Kier molecular flexibility index (Phi) is 4.70. The van der Waals surface area contributed by atoms with Gasteiger partial charge in [-0.2, -0.15) is 8.42 Å². The minimum atomic E-state index is -3.56. The molecule has 0 aromatic carbocycles. The van der Waals surface area contributed by atoms with Crippen molar-refractivity contribution in [2.45, 2.75) is 45.1 Å². The Labute approximate surface area is 96.2 Å². The van der Waals surface area contributed by atoms with Crippen LogP contribution in [0.1, 0.15) is 26.7 Å². The Morgan fingerprint density at radius 2 is 1.88 bits per heavy atom. The first kappa shape index (κ1) is 13.9. The first-order valence-electron chi connectivity index (χ1n) is 5.42. The number of rotatable bonds is 4. The fourth-order valence-corrected chi connectivity index (χ4v) is 2.45. The number of hydrogen-bond donors (Lipinski definition) is 0. The quantitative estimate of drug-likeness (QED) is 0.713. The smallest absolute Gasteiger partial charge is 0.264 e. The number of halogens is 1. The van der Waals surface area contributed by atoms with Crippen molar-refractivity contribution in [3.8, 4) is 0 Å². The summed E-state index contributed by atoms with van der Waals surface area (Å²) >= 11 is 0. The van der Waals surface area contributed by atoms with Crippen molar-refractivity contribution in [2.75, 3.05) is 12.9 Å². The molecule has 3 unspecified atom stereocenters. The second kappa shape index (κ2) is 5.42. The Bertz CT molecular complexity index is 307. The van der Waals surface area contributed by atoms with Gasteiger partial charge in [0.15, 0.2) is 0 Å². The van der Waals surface area contributed by atoms with Crippen LogP contribution < -0.4 is 0 Å². The molecule has 16 heavy (non-hydrogen) atoms. The highest BCUT2D eigenvalue weighted by Gasteiger charge is 2.31. The van der Waals surface area contributed by atoms with Crippen molar-refractivity contribution in [3.05, 3.63) is 0 Å². The van der Waals surface area contributed by atoms with Gasteiger partial charge in [-0.1, -0.05) is 0 Å². The molecular weight excluding hydrogens is 235 g/mol. The van der Waals surface area contributed by atoms with Crippen LogP contribution in [-0.2, 0) is 19.0 Å². The van der Waals surface area contributed by atoms with Crippen LogP contribution in [0.3, 0.4) is 0 Å². The van der Waals surface area contributed by atoms with Gasteiger partial charge in [-0.3, -0.25) is 4.18 Å². The molecule has 0 bridgehead atoms. The van der Waals surface area contributed by atoms with Crippen molar-refractivity contribution >= 4 is 10.1 Å². The maximum absolute atomic E-state index is 13.7. The van der Waals surface area contributed by atoms with Gasteiger partial charge in [0.25, 0.3) is 10.1 Å². The van der Waals surface area contributed by atoms with E-state index in [0.717, 1.165) is 6.26 Å². The fraction of sp³-hybridized carbons (Fsp3) is 1.00. The Hall–Kier alpha value is -0.200. The van der Waals surface area contributed by atoms with Gasteiger partial charge >= 0.3 is 0 Å². The van der Waals surface area contributed by atoms with Crippen molar-refractivity contribution in [2.24, 2.45) is 5.92 Å². The zero-order valence-corrected chi connectivity index (χ0v) is 10.7. The first-order chi connectivity index (χ1) is 7.28. The SMILES string of the molecule is CC1CC(C(F)COS(C)(=O)=O)CC(C)O1. The first-order valence-corrected chi connectivity index (χ1v) is 7.23. The highest BCUT2D eigenvalue weighted by Crippen LogP contribution is 2.29. The van der Waals surface area contributed by atoms with Crippen LogP contribution >= 0.6 is 0 Å². The second-order valence-electron chi connectivity index (χ2n) is 4.49. The van der Waals surface area contributed by atoms with Gasteiger partial charge in [0.05, 0.1) is 25.1 Å². The molecular formula is C10H19FO4S. The lowest BCUT2D eigenvalue weighted by atomic mass is 9.89. The highest BCUT2D eigenvalue weighted by molar-refractivity contribution is 7.85. The number of alkyl halides is 1. The third-order valence-electron chi connectivity index (χ3n) is 2.69. The summed E-state index contributed by atoms with van der Waals surface area (Å²) in [7, 11) is -3.56. The molecule has 1 saturated heterocycles. The molecule has 0 radical (unpaired) electrons. The maximum Gasteiger partial charge on any atom is 0.264 e. The van der Waals surface area contributed by atoms with Gasteiger partial charge in [-0.15, -0.1) is 0 Å². The van der Waals surface area contributed by atoms with Gasteiger partial charge < -0.3 is 4.74 Å². The maximum atomic E-state index is 13.7. The van der Waals surface area contributed by atoms with Gasteiger partial charge in [0.1, 0.15) is 6.17 Å². The van der Waals surface area contributed by atoms with E-state index in [2.05, 4.69) is 4.18 Å². The molecule has 0 aliphatic carbocycles. The van der Waals surface area contributed by atoms with E-state index in [1.165, 1.54) is 0 Å². The monoisotopic (exact) mass is 254 g/mol. The molecule has 0 aromatic rings. The Morgan fingerprint density at radius 3 is 2.31 bits per heavy atom. The highest BCUT2D eigenvalue weighted by atomic mass is 32.2. The fourth-order valence-electron chi connectivity index (χ4n) is 2.08. The van der Waals surface area contributed by atoms with Crippen LogP contribution in [0.4, 0.5) is 4.39 Å². The van der Waals surface area contributed by atoms with E-state index in [-0.39, 0.29) is 24.7 Å². The Morgan fingerprint density at radius 1 is 1.38 bits per heavy atom. The van der Waals surface area contributed by atoms with Crippen molar-refractivity contribution in [1.29, 1.82) is 0 Å². The zero-order chi connectivity index (χ0) is 12.3. The molecule has 3 atom stereocenters. The summed E-state index contributed by atoms with van der Waals surface area (Å²) in [6.07, 6.45) is 0.936. The van der Waals surface area contributed by atoms with E-state index in [4.69, 9.17) is 4.74 Å². The summed E-state index contributed by atoms with van der Waals surface area (Å²) in [5.74, 6) is -0.180. The largest absolute Gasteiger partial charge is 0.376 e. The lowest BCUT2D eigenvalue weighted by molar-refractivity contribution is -0.0706. The summed E-state index contributed by atoms with van der Waals surface area (Å²) in [6.45, 7) is 3.41. The molecule has 0 aromatic heterocycles. The van der Waals surface area contributed by atoms with Gasteiger partial charge in [-0.25, -0.2) is 4.39 Å². The van der Waals surface area contributed by atoms with Crippen LogP contribution in [0.15, 0.2) is 0 Å². The zero-order valence-electron chi connectivity index (χ0n) is 9.85. The molecule has 96 valence electrons. The van der Waals surface area contributed by atoms with Gasteiger partial charge in [0.2, 0.25) is 0 Å². The van der Waals surface area contributed by atoms with Crippen LogP contribution in [0.5, 0.6) is 0 Å². The summed E-state index contributed by atoms with van der Waals surface area (Å²) in [6, 6.07) is 0. The molecule has 0 spiro atoms. The topological polar surface area (TPSA) is 52.6 Å². The molecule has 4 nitrogen and oxygen atoms in total. The number of ether oxygens (including phenoxy) is 1. The minimum Gasteiger partial charge on any atom is -0.376 e. The molecule has 1 heterocycles. The van der Waals surface area contributed by atoms with Crippen LogP contribution in [0.2, 0.25) is 0 Å². The summed E-state index contributed by atoms with van der Waals surface area (Å²) in [5.41, 5.74) is 0. The lowest BCUT2D eigenvalue weighted by Gasteiger charge is -2.33. The van der Waals surface area contributed by atoms with E-state index in [1.54, 1.807) is 0 Å². The van der Waals surface area contributed by atoms with Crippen LogP contribution in [0.25, 0.3) is 0 Å². The molecule has 6 heteroatoms. The average molecular weight is 254 g/mol. The predicted molar refractivity (Wildman–Crippen MR) is 58.4 cm³/mol. The molecule has 0 N–H and O–H groups in total. The number of hydrogen-bond acceptors (Lipinski definition) is 4. The van der Waals surface area contributed by atoms with E-state index in [0.29, 0.717) is 12.8 Å². The molecule has 1 fully saturated rings. The average Bonchev–Trinajstić information content (AvgIpc) is 2.11. The molecule has 0 saturated carbocycles. The van der Waals surface area contributed by atoms with Crippen LogP contribution in [-0.4, -0.2) is 39.7 Å². The van der Waals surface area contributed by atoms with Gasteiger partial charge in [0, 0.05) is 0 Å². The molecule has 1 aliphatic heterocycles. The third kappa shape index (κ3) is 4.76. The third-order valence-corrected chi connectivity index (χ3v) is 3.25. The van der Waals surface area contributed by atoms with Crippen molar-refractivity contribution < 1.29 is 21.7 Å². The van der Waals surface area contributed by atoms with E-state index in [9.17, 15) is 12.8 Å². The van der Waals surface area contributed by atoms with Crippen LogP contribution in [0, 0.1) is 5.92 Å². The lowest BCUT2D eigenvalue weighted by Crippen LogP contribution is -2.35. The molecule has 0 amide bonds. The van der Waals surface area contributed by atoms with Crippen molar-refractivity contribution in [1.82, 2.24) is 0 Å². The summed E-state index contributed by atoms with van der Waals surface area (Å²) in [4.78, 5) is 0. The van der Waals surface area contributed by atoms with Gasteiger partial charge in [-0.05, 0) is 32.6 Å². The normalized spacial score (nSPS) is 33.6. The molecule has 1 rings (SSSR count). The summed E-state index contributed by atoms with van der Waals surface area (Å²) < 4.78 is 45.1. The minimum absolute atomic E-state index is 0.0187. The van der Waals surface area contributed by atoms with Crippen molar-refractivity contribution in [3.63, 3.8) is 0 Å². The second-order valence-corrected chi connectivity index (χ2v) is 6.14.